The second-order valence-electron chi connectivity index (χ2n) is 7.83. The summed E-state index contributed by atoms with van der Waals surface area (Å²) < 4.78 is 5.57. The molecule has 0 saturated heterocycles. The number of carbonyl (C=O) groups excluding carboxylic acids is 2. The lowest BCUT2D eigenvalue weighted by Gasteiger charge is -2.16. The normalized spacial score (nSPS) is 11.9. The smallest absolute Gasteiger partial charge is 0.411 e. The molecule has 0 unspecified atom stereocenters. The van der Waals surface area contributed by atoms with Gasteiger partial charge < -0.3 is 15.2 Å². The summed E-state index contributed by atoms with van der Waals surface area (Å²) in [4.78, 5) is 35.6. The lowest BCUT2D eigenvalue weighted by molar-refractivity contribution is -0.136. The maximum absolute atomic E-state index is 12.6. The Morgan fingerprint density at radius 3 is 2.18 bits per heavy atom. The van der Waals surface area contributed by atoms with E-state index in [0.717, 1.165) is 22.3 Å². The van der Waals surface area contributed by atoms with Crippen LogP contribution < -0.4 is 10.6 Å². The van der Waals surface area contributed by atoms with Gasteiger partial charge in [-0.15, -0.1) is 0 Å². The number of rotatable bonds is 7. The van der Waals surface area contributed by atoms with Crippen molar-refractivity contribution in [2.75, 3.05) is 18.5 Å². The van der Waals surface area contributed by atoms with E-state index in [0.29, 0.717) is 16.8 Å². The Balaban J connectivity index is 1.42. The summed E-state index contributed by atoms with van der Waals surface area (Å²) in [7, 11) is 0. The number of hydrogen-bond acceptors (Lipinski definition) is 4. The molecule has 0 aliphatic heterocycles. The molecule has 0 heterocycles. The van der Waals surface area contributed by atoms with Gasteiger partial charge in [-0.3, -0.25) is 14.9 Å². The SMILES string of the molecule is Cc1c(NC(=O)OCC2c3ccccc3-c3ccccc32)cccc1C(=O)NCCC(=O)O. The fraction of sp³-hybridized carbons (Fsp3) is 0.192. The topological polar surface area (TPSA) is 105 Å². The Labute approximate surface area is 191 Å². The van der Waals surface area contributed by atoms with Gasteiger partial charge in [-0.25, -0.2) is 4.79 Å². The Morgan fingerprint density at radius 1 is 0.909 bits per heavy atom. The molecule has 0 aromatic heterocycles. The highest BCUT2D eigenvalue weighted by molar-refractivity contribution is 5.98. The standard InChI is InChI=1S/C26H24N2O5/c1-16-17(25(31)27-14-13-24(29)30)11-6-12-23(16)28-26(32)33-15-22-20-9-4-2-7-18(20)19-8-3-5-10-21(19)22/h2-12,22H,13-15H2,1H3,(H,27,31)(H,28,32)(H,29,30). The van der Waals surface area contributed by atoms with Crippen LogP contribution in [0.15, 0.2) is 66.7 Å². The highest BCUT2D eigenvalue weighted by atomic mass is 16.5. The molecule has 0 atom stereocenters. The van der Waals surface area contributed by atoms with Gasteiger partial charge in [0.25, 0.3) is 5.91 Å². The van der Waals surface area contributed by atoms with Gasteiger partial charge in [0.1, 0.15) is 6.61 Å². The third-order valence-corrected chi connectivity index (χ3v) is 5.78. The summed E-state index contributed by atoms with van der Waals surface area (Å²) >= 11 is 0. The highest BCUT2D eigenvalue weighted by Crippen LogP contribution is 2.44. The molecule has 3 aromatic carbocycles. The van der Waals surface area contributed by atoms with Crippen molar-refractivity contribution >= 4 is 23.7 Å². The summed E-state index contributed by atoms with van der Waals surface area (Å²) in [6, 6.07) is 21.2. The summed E-state index contributed by atoms with van der Waals surface area (Å²) in [5.74, 6) is -1.43. The van der Waals surface area contributed by atoms with Crippen LogP contribution in [0.25, 0.3) is 11.1 Å². The van der Waals surface area contributed by atoms with Gasteiger partial charge in [0, 0.05) is 23.7 Å². The molecule has 0 spiro atoms. The zero-order valence-electron chi connectivity index (χ0n) is 18.1. The summed E-state index contributed by atoms with van der Waals surface area (Å²) in [6.07, 6.45) is -0.772. The average Bonchev–Trinajstić information content (AvgIpc) is 3.12. The van der Waals surface area contributed by atoms with Gasteiger partial charge in [-0.1, -0.05) is 54.6 Å². The minimum Gasteiger partial charge on any atom is -0.481 e. The van der Waals surface area contributed by atoms with Crippen molar-refractivity contribution in [3.05, 3.63) is 89.0 Å². The van der Waals surface area contributed by atoms with Crippen LogP contribution in [-0.4, -0.2) is 36.2 Å². The van der Waals surface area contributed by atoms with Crippen molar-refractivity contribution in [3.8, 4) is 11.1 Å². The van der Waals surface area contributed by atoms with Crippen LogP contribution in [0.1, 0.15) is 39.4 Å². The van der Waals surface area contributed by atoms with Crippen LogP contribution in [-0.2, 0) is 9.53 Å². The second-order valence-corrected chi connectivity index (χ2v) is 7.83. The molecule has 0 saturated carbocycles. The summed E-state index contributed by atoms with van der Waals surface area (Å²) in [5, 5.41) is 14.0. The highest BCUT2D eigenvalue weighted by Gasteiger charge is 2.29. The predicted molar refractivity (Wildman–Crippen MR) is 124 cm³/mol. The van der Waals surface area contributed by atoms with E-state index in [-0.39, 0.29) is 25.5 Å². The first kappa shape index (κ1) is 22.1. The van der Waals surface area contributed by atoms with Gasteiger partial charge in [0.2, 0.25) is 0 Å². The van der Waals surface area contributed by atoms with Crippen molar-refractivity contribution in [3.63, 3.8) is 0 Å². The fourth-order valence-electron chi connectivity index (χ4n) is 4.14. The van der Waals surface area contributed by atoms with E-state index in [1.807, 2.05) is 24.3 Å². The molecule has 7 nitrogen and oxygen atoms in total. The molecular formula is C26H24N2O5. The number of carbonyl (C=O) groups is 3. The first-order chi connectivity index (χ1) is 16.0. The van der Waals surface area contributed by atoms with E-state index < -0.39 is 18.0 Å². The van der Waals surface area contributed by atoms with E-state index in [1.54, 1.807) is 25.1 Å². The van der Waals surface area contributed by atoms with Crippen molar-refractivity contribution in [2.45, 2.75) is 19.3 Å². The number of benzene rings is 3. The number of carboxylic acids is 1. The van der Waals surface area contributed by atoms with Gasteiger partial charge in [0.05, 0.1) is 6.42 Å². The van der Waals surface area contributed by atoms with E-state index >= 15 is 0 Å². The van der Waals surface area contributed by atoms with Crippen molar-refractivity contribution < 1.29 is 24.2 Å². The number of amides is 2. The van der Waals surface area contributed by atoms with Crippen LogP contribution in [0.2, 0.25) is 0 Å². The third kappa shape index (κ3) is 4.72. The van der Waals surface area contributed by atoms with Crippen LogP contribution in [0, 0.1) is 6.92 Å². The van der Waals surface area contributed by atoms with Crippen LogP contribution in [0.4, 0.5) is 10.5 Å². The fourth-order valence-corrected chi connectivity index (χ4v) is 4.14. The number of carboxylic acid groups (broad SMARTS) is 1. The molecule has 7 heteroatoms. The van der Waals surface area contributed by atoms with Gasteiger partial charge >= 0.3 is 12.1 Å². The monoisotopic (exact) mass is 444 g/mol. The van der Waals surface area contributed by atoms with Crippen molar-refractivity contribution in [1.82, 2.24) is 5.32 Å². The number of fused-ring (bicyclic) bond motifs is 3. The van der Waals surface area contributed by atoms with Crippen LogP contribution in [0.3, 0.4) is 0 Å². The predicted octanol–water partition coefficient (Wildman–Crippen LogP) is 4.56. The maximum atomic E-state index is 12.6. The van der Waals surface area contributed by atoms with E-state index in [1.165, 1.54) is 0 Å². The minimum atomic E-state index is -0.988. The molecule has 0 fully saturated rings. The molecule has 3 N–H and O–H groups in total. The Morgan fingerprint density at radius 2 is 1.55 bits per heavy atom. The number of hydrogen-bond donors (Lipinski definition) is 3. The lowest BCUT2D eigenvalue weighted by atomic mass is 9.98. The maximum Gasteiger partial charge on any atom is 0.411 e. The van der Waals surface area contributed by atoms with E-state index in [2.05, 4.69) is 34.9 Å². The molecule has 1 aliphatic carbocycles. The van der Waals surface area contributed by atoms with Gasteiger partial charge in [-0.2, -0.15) is 0 Å². The Kier molecular flexibility index (Phi) is 6.40. The van der Waals surface area contributed by atoms with Crippen LogP contribution in [0.5, 0.6) is 0 Å². The molecular weight excluding hydrogens is 420 g/mol. The van der Waals surface area contributed by atoms with Crippen molar-refractivity contribution in [2.24, 2.45) is 0 Å². The quantitative estimate of drug-likeness (QED) is 0.496. The molecule has 33 heavy (non-hydrogen) atoms. The Hall–Kier alpha value is -4.13. The van der Waals surface area contributed by atoms with E-state index in [4.69, 9.17) is 9.84 Å². The van der Waals surface area contributed by atoms with Crippen molar-refractivity contribution in [1.29, 1.82) is 0 Å². The van der Waals surface area contributed by atoms with Gasteiger partial charge in [-0.05, 0) is 46.9 Å². The molecule has 2 amide bonds. The first-order valence-corrected chi connectivity index (χ1v) is 10.7. The number of nitrogens with one attached hydrogen (secondary N) is 2. The van der Waals surface area contributed by atoms with Gasteiger partial charge in [0.15, 0.2) is 0 Å². The summed E-state index contributed by atoms with van der Waals surface area (Å²) in [5.41, 5.74) is 5.94. The molecule has 0 radical (unpaired) electrons. The average molecular weight is 444 g/mol. The zero-order chi connectivity index (χ0) is 23.4. The molecule has 0 bridgehead atoms. The Bertz CT molecular complexity index is 1180. The zero-order valence-corrected chi connectivity index (χ0v) is 18.1. The molecule has 1 aliphatic rings. The number of anilines is 1. The molecule has 4 rings (SSSR count). The lowest BCUT2D eigenvalue weighted by Crippen LogP contribution is -2.27. The van der Waals surface area contributed by atoms with Crippen LogP contribution >= 0.6 is 0 Å². The summed E-state index contributed by atoms with van der Waals surface area (Å²) in [6.45, 7) is 1.93. The number of aliphatic carboxylic acids is 1. The second kappa shape index (κ2) is 9.56. The number of ether oxygens (including phenoxy) is 1. The minimum absolute atomic E-state index is 0.0254. The third-order valence-electron chi connectivity index (χ3n) is 5.78. The van der Waals surface area contributed by atoms with E-state index in [9.17, 15) is 14.4 Å². The molecule has 168 valence electrons. The first-order valence-electron chi connectivity index (χ1n) is 10.7. The largest absolute Gasteiger partial charge is 0.481 e. The molecule has 3 aromatic rings.